The molecule has 0 spiro atoms. The molecule has 1 fully saturated rings. The van der Waals surface area contributed by atoms with Crippen molar-refractivity contribution in [1.82, 2.24) is 10.2 Å². The van der Waals surface area contributed by atoms with E-state index in [-0.39, 0.29) is 12.1 Å². The number of benzene rings is 1. The third kappa shape index (κ3) is 4.57. The van der Waals surface area contributed by atoms with Crippen molar-refractivity contribution < 1.29 is 4.79 Å². The van der Waals surface area contributed by atoms with Crippen LogP contribution in [0.4, 0.5) is 0 Å². The molecule has 1 aromatic rings. The van der Waals surface area contributed by atoms with Gasteiger partial charge in [-0.15, -0.1) is 0 Å². The van der Waals surface area contributed by atoms with Crippen molar-refractivity contribution in [2.24, 2.45) is 0 Å². The minimum absolute atomic E-state index is 0.0630. The number of nitrogens with zero attached hydrogens (tertiary/aromatic N) is 1. The van der Waals surface area contributed by atoms with Gasteiger partial charge < -0.3 is 4.90 Å². The van der Waals surface area contributed by atoms with Gasteiger partial charge in [0.15, 0.2) is 0 Å². The summed E-state index contributed by atoms with van der Waals surface area (Å²) in [5.74, 6) is 0.232. The Morgan fingerprint density at radius 1 is 1.19 bits per heavy atom. The average molecular weight is 288 g/mol. The molecule has 0 aromatic heterocycles. The van der Waals surface area contributed by atoms with E-state index in [9.17, 15) is 4.79 Å². The molecule has 3 heteroatoms. The molecule has 1 atom stereocenters. The number of unbranched alkanes of at least 4 members (excludes halogenated alkanes) is 5. The SMILES string of the molecule is CCCCCCCCN1C(=O)CNC1c1cccc(C)c1. The van der Waals surface area contributed by atoms with Crippen molar-refractivity contribution in [3.05, 3.63) is 35.4 Å². The van der Waals surface area contributed by atoms with Crippen LogP contribution in [0.25, 0.3) is 0 Å². The predicted molar refractivity (Wildman–Crippen MR) is 87.0 cm³/mol. The quantitative estimate of drug-likeness (QED) is 0.738. The highest BCUT2D eigenvalue weighted by Crippen LogP contribution is 2.23. The van der Waals surface area contributed by atoms with Gasteiger partial charge in [0, 0.05) is 6.54 Å². The summed E-state index contributed by atoms with van der Waals surface area (Å²) in [6.45, 7) is 5.67. The fourth-order valence-corrected chi connectivity index (χ4v) is 2.99. The number of aryl methyl sites for hydroxylation is 1. The van der Waals surface area contributed by atoms with Gasteiger partial charge in [-0.25, -0.2) is 0 Å². The number of rotatable bonds is 8. The van der Waals surface area contributed by atoms with E-state index in [4.69, 9.17) is 0 Å². The average Bonchev–Trinajstić information content (AvgIpc) is 2.84. The maximum absolute atomic E-state index is 12.1. The molecule has 1 saturated heterocycles. The van der Waals surface area contributed by atoms with Crippen LogP contribution in [0.3, 0.4) is 0 Å². The molecule has 3 nitrogen and oxygen atoms in total. The first-order chi connectivity index (χ1) is 10.2. The molecule has 0 radical (unpaired) electrons. The van der Waals surface area contributed by atoms with Crippen LogP contribution in [-0.2, 0) is 4.79 Å². The van der Waals surface area contributed by atoms with Gasteiger partial charge in [-0.05, 0) is 18.9 Å². The van der Waals surface area contributed by atoms with Crippen molar-refractivity contribution in [3.8, 4) is 0 Å². The van der Waals surface area contributed by atoms with Gasteiger partial charge in [0.05, 0.1) is 6.54 Å². The molecule has 0 aliphatic carbocycles. The topological polar surface area (TPSA) is 32.3 Å². The second-order valence-electron chi connectivity index (χ2n) is 6.05. The summed E-state index contributed by atoms with van der Waals surface area (Å²) in [6, 6.07) is 8.44. The van der Waals surface area contributed by atoms with Crippen LogP contribution in [0, 0.1) is 6.92 Å². The van der Waals surface area contributed by atoms with E-state index in [2.05, 4.69) is 43.4 Å². The highest BCUT2D eigenvalue weighted by molar-refractivity contribution is 5.80. The molecule has 1 aliphatic rings. The Kier molecular flexibility index (Phi) is 6.24. The molecule has 1 N–H and O–H groups in total. The Bertz CT molecular complexity index is 458. The summed E-state index contributed by atoms with van der Waals surface area (Å²) >= 11 is 0. The zero-order chi connectivity index (χ0) is 15.1. The van der Waals surface area contributed by atoms with Crippen LogP contribution in [-0.4, -0.2) is 23.9 Å². The van der Waals surface area contributed by atoms with E-state index in [0.29, 0.717) is 6.54 Å². The van der Waals surface area contributed by atoms with Gasteiger partial charge in [-0.2, -0.15) is 0 Å². The zero-order valence-corrected chi connectivity index (χ0v) is 13.4. The molecule has 1 unspecified atom stereocenters. The van der Waals surface area contributed by atoms with Gasteiger partial charge in [0.25, 0.3) is 0 Å². The standard InChI is InChI=1S/C18H28N2O/c1-3-4-5-6-7-8-12-20-17(21)14-19-18(20)16-11-9-10-15(2)13-16/h9-11,13,18-19H,3-8,12,14H2,1-2H3. The third-order valence-corrected chi connectivity index (χ3v) is 4.19. The first kappa shape index (κ1) is 16.0. The molecule has 21 heavy (non-hydrogen) atoms. The van der Waals surface area contributed by atoms with Crippen molar-refractivity contribution in [1.29, 1.82) is 0 Å². The number of carbonyl (C=O) groups excluding carboxylic acids is 1. The Morgan fingerprint density at radius 3 is 2.71 bits per heavy atom. The third-order valence-electron chi connectivity index (χ3n) is 4.19. The number of amides is 1. The molecular weight excluding hydrogens is 260 g/mol. The lowest BCUT2D eigenvalue weighted by Crippen LogP contribution is -2.31. The second kappa shape index (κ2) is 8.18. The highest BCUT2D eigenvalue weighted by Gasteiger charge is 2.30. The largest absolute Gasteiger partial charge is 0.322 e. The molecule has 1 amide bonds. The summed E-state index contributed by atoms with van der Waals surface area (Å²) in [5, 5.41) is 3.34. The Balaban J connectivity index is 1.86. The fraction of sp³-hybridized carbons (Fsp3) is 0.611. The zero-order valence-electron chi connectivity index (χ0n) is 13.4. The van der Waals surface area contributed by atoms with Crippen LogP contribution in [0.15, 0.2) is 24.3 Å². The first-order valence-electron chi connectivity index (χ1n) is 8.32. The van der Waals surface area contributed by atoms with Crippen molar-refractivity contribution in [2.75, 3.05) is 13.1 Å². The van der Waals surface area contributed by atoms with Gasteiger partial charge in [-0.3, -0.25) is 10.1 Å². The molecule has 1 aromatic carbocycles. The molecular formula is C18H28N2O. The van der Waals surface area contributed by atoms with Crippen molar-refractivity contribution in [3.63, 3.8) is 0 Å². The van der Waals surface area contributed by atoms with Crippen LogP contribution < -0.4 is 5.32 Å². The lowest BCUT2D eigenvalue weighted by molar-refractivity contribution is -0.128. The van der Waals surface area contributed by atoms with E-state index in [0.717, 1.165) is 13.0 Å². The maximum Gasteiger partial charge on any atom is 0.238 e. The molecule has 1 heterocycles. The lowest BCUT2D eigenvalue weighted by Gasteiger charge is -2.25. The number of nitrogens with one attached hydrogen (secondary N) is 1. The summed E-state index contributed by atoms with van der Waals surface area (Å²) in [5.41, 5.74) is 2.44. The summed E-state index contributed by atoms with van der Waals surface area (Å²) in [4.78, 5) is 14.1. The number of hydrogen-bond donors (Lipinski definition) is 1. The van der Waals surface area contributed by atoms with Gasteiger partial charge >= 0.3 is 0 Å². The van der Waals surface area contributed by atoms with Gasteiger partial charge in [-0.1, -0.05) is 68.9 Å². The van der Waals surface area contributed by atoms with Crippen LogP contribution >= 0.6 is 0 Å². The summed E-state index contributed by atoms with van der Waals surface area (Å²) in [6.07, 6.45) is 7.62. The predicted octanol–water partition coefficient (Wildman–Crippen LogP) is 3.79. The van der Waals surface area contributed by atoms with E-state index in [1.165, 1.54) is 43.2 Å². The minimum atomic E-state index is 0.0630. The van der Waals surface area contributed by atoms with E-state index in [1.807, 2.05) is 4.90 Å². The fourth-order valence-electron chi connectivity index (χ4n) is 2.99. The summed E-state index contributed by atoms with van der Waals surface area (Å²) in [7, 11) is 0. The smallest absolute Gasteiger partial charge is 0.238 e. The van der Waals surface area contributed by atoms with Crippen LogP contribution in [0.2, 0.25) is 0 Å². The second-order valence-corrected chi connectivity index (χ2v) is 6.05. The van der Waals surface area contributed by atoms with Crippen molar-refractivity contribution in [2.45, 2.75) is 58.5 Å². The van der Waals surface area contributed by atoms with E-state index < -0.39 is 0 Å². The normalized spacial score (nSPS) is 18.5. The minimum Gasteiger partial charge on any atom is -0.322 e. The molecule has 0 bridgehead atoms. The van der Waals surface area contributed by atoms with Crippen molar-refractivity contribution >= 4 is 5.91 Å². The summed E-state index contributed by atoms with van der Waals surface area (Å²) < 4.78 is 0. The number of hydrogen-bond acceptors (Lipinski definition) is 2. The molecule has 1 aliphatic heterocycles. The maximum atomic E-state index is 12.1. The van der Waals surface area contributed by atoms with Gasteiger partial charge in [0.2, 0.25) is 5.91 Å². The number of carbonyl (C=O) groups is 1. The van der Waals surface area contributed by atoms with E-state index >= 15 is 0 Å². The van der Waals surface area contributed by atoms with Crippen LogP contribution in [0.1, 0.15) is 62.7 Å². The van der Waals surface area contributed by atoms with Gasteiger partial charge in [0.1, 0.15) is 6.17 Å². The Morgan fingerprint density at radius 2 is 1.95 bits per heavy atom. The van der Waals surface area contributed by atoms with E-state index in [1.54, 1.807) is 0 Å². The highest BCUT2D eigenvalue weighted by atomic mass is 16.2. The molecule has 0 saturated carbocycles. The Labute approximate surface area is 128 Å². The first-order valence-corrected chi connectivity index (χ1v) is 8.32. The molecule has 2 rings (SSSR count). The lowest BCUT2D eigenvalue weighted by atomic mass is 10.1. The van der Waals surface area contributed by atoms with Crippen LogP contribution in [0.5, 0.6) is 0 Å². The monoisotopic (exact) mass is 288 g/mol. The Hall–Kier alpha value is -1.35. The molecule has 116 valence electrons.